The number of aryl methyl sites for hydroxylation is 1. The third-order valence-electron chi connectivity index (χ3n) is 5.31. The average molecular weight is 478 g/mol. The van der Waals surface area contributed by atoms with Crippen LogP contribution in [-0.4, -0.2) is 66.1 Å². The standard InChI is InChI=1S/C20H24N6O.C2HF3O2/c1-15-12-21-19(22-15)20(27)25-9-7-17(8-10-25)13-26-14-18(23-24-26)11-16-5-3-2-4-6-16;3-2(4,5)1(6)7/h2-6,12,14,17H,7-11,13H2,1H3,(H,21,22);(H,6,7). The first-order valence-electron chi connectivity index (χ1n) is 10.7. The third kappa shape index (κ3) is 7.15. The minimum Gasteiger partial charge on any atom is -0.475 e. The lowest BCUT2D eigenvalue weighted by molar-refractivity contribution is -0.192. The Morgan fingerprint density at radius 2 is 1.82 bits per heavy atom. The van der Waals surface area contributed by atoms with Gasteiger partial charge >= 0.3 is 12.1 Å². The van der Waals surface area contributed by atoms with Crippen molar-refractivity contribution in [3.05, 3.63) is 65.5 Å². The van der Waals surface area contributed by atoms with Crippen molar-refractivity contribution in [3.63, 3.8) is 0 Å². The first-order chi connectivity index (χ1) is 16.1. The fourth-order valence-electron chi connectivity index (χ4n) is 3.57. The predicted molar refractivity (Wildman–Crippen MR) is 115 cm³/mol. The summed E-state index contributed by atoms with van der Waals surface area (Å²) in [6, 6.07) is 10.3. The first kappa shape index (κ1) is 24.9. The van der Waals surface area contributed by atoms with Gasteiger partial charge in [0.15, 0.2) is 5.82 Å². The molecule has 1 aliphatic rings. The minimum atomic E-state index is -5.08. The largest absolute Gasteiger partial charge is 0.490 e. The van der Waals surface area contributed by atoms with E-state index in [9.17, 15) is 18.0 Å². The topological polar surface area (TPSA) is 117 Å². The van der Waals surface area contributed by atoms with Gasteiger partial charge in [0.1, 0.15) is 0 Å². The number of hydrogen-bond donors (Lipinski definition) is 2. The van der Waals surface area contributed by atoms with Crippen LogP contribution in [0.25, 0.3) is 0 Å². The Bertz CT molecular complexity index is 1090. The van der Waals surface area contributed by atoms with Crippen LogP contribution < -0.4 is 0 Å². The van der Waals surface area contributed by atoms with Crippen molar-refractivity contribution in [3.8, 4) is 0 Å². The van der Waals surface area contributed by atoms with Crippen LogP contribution in [0.2, 0.25) is 0 Å². The molecule has 0 spiro atoms. The maximum atomic E-state index is 12.5. The number of aliphatic carboxylic acids is 1. The molecule has 0 saturated carbocycles. The molecule has 34 heavy (non-hydrogen) atoms. The van der Waals surface area contributed by atoms with E-state index in [-0.39, 0.29) is 5.91 Å². The number of carbonyl (C=O) groups excluding carboxylic acids is 1. The predicted octanol–water partition coefficient (Wildman–Crippen LogP) is 3.09. The van der Waals surface area contributed by atoms with Crippen LogP contribution in [-0.2, 0) is 17.8 Å². The Morgan fingerprint density at radius 3 is 2.38 bits per heavy atom. The molecule has 1 fully saturated rings. The van der Waals surface area contributed by atoms with Crippen molar-refractivity contribution >= 4 is 11.9 Å². The lowest BCUT2D eigenvalue weighted by atomic mass is 9.97. The molecule has 12 heteroatoms. The molecule has 2 N–H and O–H groups in total. The molecule has 182 valence electrons. The van der Waals surface area contributed by atoms with Gasteiger partial charge in [-0.25, -0.2) is 9.78 Å². The number of carboxylic acids is 1. The minimum absolute atomic E-state index is 0.00699. The van der Waals surface area contributed by atoms with Gasteiger partial charge in [-0.2, -0.15) is 13.2 Å². The number of halogens is 3. The zero-order valence-corrected chi connectivity index (χ0v) is 18.5. The third-order valence-corrected chi connectivity index (χ3v) is 5.31. The maximum Gasteiger partial charge on any atom is 0.490 e. The van der Waals surface area contributed by atoms with Crippen LogP contribution in [0.4, 0.5) is 13.2 Å². The molecule has 0 unspecified atom stereocenters. The van der Waals surface area contributed by atoms with Crippen molar-refractivity contribution in [1.82, 2.24) is 29.9 Å². The summed E-state index contributed by atoms with van der Waals surface area (Å²) in [6.45, 7) is 4.27. The van der Waals surface area contributed by atoms with Gasteiger partial charge in [0, 0.05) is 44.1 Å². The highest BCUT2D eigenvalue weighted by Crippen LogP contribution is 2.20. The van der Waals surface area contributed by atoms with Crippen LogP contribution in [0.15, 0.2) is 42.7 Å². The second-order valence-corrected chi connectivity index (χ2v) is 8.05. The summed E-state index contributed by atoms with van der Waals surface area (Å²) in [5.74, 6) is -1.81. The molecular formula is C22H25F3N6O3. The van der Waals surface area contributed by atoms with Gasteiger partial charge in [0.25, 0.3) is 5.91 Å². The molecule has 9 nitrogen and oxygen atoms in total. The van der Waals surface area contributed by atoms with E-state index in [1.54, 1.807) is 6.20 Å². The Morgan fingerprint density at radius 1 is 1.18 bits per heavy atom. The Balaban J connectivity index is 0.000000406. The van der Waals surface area contributed by atoms with Crippen LogP contribution >= 0.6 is 0 Å². The number of nitrogens with zero attached hydrogens (tertiary/aromatic N) is 5. The van der Waals surface area contributed by atoms with E-state index < -0.39 is 12.1 Å². The smallest absolute Gasteiger partial charge is 0.475 e. The molecule has 1 aromatic carbocycles. The molecular weight excluding hydrogens is 453 g/mol. The number of nitrogens with one attached hydrogen (secondary N) is 1. The van der Waals surface area contributed by atoms with E-state index in [0.717, 1.165) is 50.3 Å². The maximum absolute atomic E-state index is 12.5. The van der Waals surface area contributed by atoms with Crippen LogP contribution in [0.3, 0.4) is 0 Å². The summed E-state index contributed by atoms with van der Waals surface area (Å²) in [7, 11) is 0. The molecule has 0 atom stereocenters. The van der Waals surface area contributed by atoms with Crippen molar-refractivity contribution < 1.29 is 27.9 Å². The van der Waals surface area contributed by atoms with E-state index in [0.29, 0.717) is 11.7 Å². The SMILES string of the molecule is Cc1cnc(C(=O)N2CCC(Cn3cc(Cc4ccccc4)nn3)CC2)[nH]1.O=C(O)C(F)(F)F. The molecule has 1 amide bonds. The monoisotopic (exact) mass is 478 g/mol. The zero-order chi connectivity index (χ0) is 24.7. The summed E-state index contributed by atoms with van der Waals surface area (Å²) in [5, 5.41) is 15.7. The van der Waals surface area contributed by atoms with E-state index in [1.165, 1.54) is 5.56 Å². The number of H-pyrrole nitrogens is 1. The van der Waals surface area contributed by atoms with Crippen molar-refractivity contribution in [2.75, 3.05) is 13.1 Å². The number of benzene rings is 1. The van der Waals surface area contributed by atoms with Gasteiger partial charge < -0.3 is 15.0 Å². The fourth-order valence-corrected chi connectivity index (χ4v) is 3.57. The number of likely N-dealkylation sites (tertiary alicyclic amines) is 1. The van der Waals surface area contributed by atoms with Crippen LogP contribution in [0.1, 0.15) is 40.4 Å². The quantitative estimate of drug-likeness (QED) is 0.582. The summed E-state index contributed by atoms with van der Waals surface area (Å²) in [6.07, 6.45) is 1.39. The molecule has 4 rings (SSSR count). The van der Waals surface area contributed by atoms with E-state index in [4.69, 9.17) is 9.90 Å². The molecule has 1 aliphatic heterocycles. The molecule has 0 bridgehead atoms. The number of piperidine rings is 1. The molecule has 2 aromatic heterocycles. The van der Waals surface area contributed by atoms with Gasteiger partial charge in [0.2, 0.25) is 0 Å². The summed E-state index contributed by atoms with van der Waals surface area (Å²) < 4.78 is 33.7. The van der Waals surface area contributed by atoms with Crippen molar-refractivity contribution in [1.29, 1.82) is 0 Å². The normalized spacial score (nSPS) is 14.4. The number of amides is 1. The number of alkyl halides is 3. The molecule has 3 heterocycles. The van der Waals surface area contributed by atoms with Gasteiger partial charge in [0.05, 0.1) is 5.69 Å². The second kappa shape index (κ2) is 10.9. The zero-order valence-electron chi connectivity index (χ0n) is 18.5. The van der Waals surface area contributed by atoms with E-state index >= 15 is 0 Å². The average Bonchev–Trinajstić information content (AvgIpc) is 3.43. The Hall–Kier alpha value is -3.70. The second-order valence-electron chi connectivity index (χ2n) is 8.05. The molecule has 1 saturated heterocycles. The summed E-state index contributed by atoms with van der Waals surface area (Å²) in [4.78, 5) is 30.4. The number of aromatic amines is 1. The fraction of sp³-hybridized carbons (Fsp3) is 0.409. The van der Waals surface area contributed by atoms with Gasteiger partial charge in [-0.1, -0.05) is 35.5 Å². The highest BCUT2D eigenvalue weighted by Gasteiger charge is 2.38. The Kier molecular flexibility index (Phi) is 8.03. The van der Waals surface area contributed by atoms with E-state index in [2.05, 4.69) is 32.4 Å². The number of hydrogen-bond acceptors (Lipinski definition) is 5. The first-order valence-corrected chi connectivity index (χ1v) is 10.7. The highest BCUT2D eigenvalue weighted by atomic mass is 19.4. The Labute approximate surface area is 193 Å². The molecule has 0 aliphatic carbocycles. The lowest BCUT2D eigenvalue weighted by Crippen LogP contribution is -2.39. The number of carboxylic acid groups (broad SMARTS) is 1. The summed E-state index contributed by atoms with van der Waals surface area (Å²) in [5.41, 5.74) is 3.14. The van der Waals surface area contributed by atoms with E-state index in [1.807, 2.05) is 40.9 Å². The van der Waals surface area contributed by atoms with Gasteiger partial charge in [-0.05, 0) is 31.2 Å². The van der Waals surface area contributed by atoms with Crippen LogP contribution in [0, 0.1) is 12.8 Å². The molecule has 0 radical (unpaired) electrons. The number of aromatic nitrogens is 5. The number of rotatable bonds is 5. The highest BCUT2D eigenvalue weighted by molar-refractivity contribution is 5.90. The number of imidazole rings is 1. The van der Waals surface area contributed by atoms with Crippen molar-refractivity contribution in [2.45, 2.75) is 38.9 Å². The molecule has 3 aromatic rings. The lowest BCUT2D eigenvalue weighted by Gasteiger charge is -2.31. The van der Waals surface area contributed by atoms with Gasteiger partial charge in [-0.3, -0.25) is 9.48 Å². The van der Waals surface area contributed by atoms with Gasteiger partial charge in [-0.15, -0.1) is 5.10 Å². The summed E-state index contributed by atoms with van der Waals surface area (Å²) >= 11 is 0. The van der Waals surface area contributed by atoms with Crippen molar-refractivity contribution in [2.24, 2.45) is 5.92 Å². The number of carbonyl (C=O) groups is 2. The van der Waals surface area contributed by atoms with Crippen LogP contribution in [0.5, 0.6) is 0 Å².